The van der Waals surface area contributed by atoms with E-state index in [0.29, 0.717) is 5.92 Å². The van der Waals surface area contributed by atoms with E-state index in [1.165, 1.54) is 6.21 Å². The normalized spacial score (nSPS) is 14.2. The first-order chi connectivity index (χ1) is 3.85. The third-order valence-electron chi connectivity index (χ3n) is 1.13. The van der Waals surface area contributed by atoms with Crippen LogP contribution in [0.15, 0.2) is 12.2 Å². The maximum absolute atomic E-state index is 6.89. The van der Waals surface area contributed by atoms with E-state index >= 15 is 0 Å². The topological polar surface area (TPSA) is 23.9 Å². The van der Waals surface area contributed by atoms with Crippen molar-refractivity contribution in [3.63, 3.8) is 0 Å². The summed E-state index contributed by atoms with van der Waals surface area (Å²) >= 11 is 0. The Morgan fingerprint density at radius 3 is 2.38 bits per heavy atom. The van der Waals surface area contributed by atoms with Gasteiger partial charge in [0.2, 0.25) is 0 Å². The van der Waals surface area contributed by atoms with Gasteiger partial charge >= 0.3 is 0 Å². The van der Waals surface area contributed by atoms with E-state index < -0.39 is 0 Å². The first kappa shape index (κ1) is 7.41. The average molecular weight is 111 g/mol. The van der Waals surface area contributed by atoms with Gasteiger partial charge in [0, 0.05) is 12.1 Å². The van der Waals surface area contributed by atoms with E-state index in [9.17, 15) is 0 Å². The highest BCUT2D eigenvalue weighted by atomic mass is 14.3. The van der Waals surface area contributed by atoms with Crippen LogP contribution in [0.3, 0.4) is 0 Å². The molecule has 0 saturated carbocycles. The molecule has 0 aliphatic heterocycles. The molecule has 0 aliphatic rings. The molecule has 1 atom stereocenters. The van der Waals surface area contributed by atoms with Gasteiger partial charge in [-0.05, 0) is 13.3 Å². The van der Waals surface area contributed by atoms with Crippen molar-refractivity contribution in [2.75, 3.05) is 0 Å². The summed E-state index contributed by atoms with van der Waals surface area (Å²) in [6.07, 6.45) is 6.53. The van der Waals surface area contributed by atoms with Gasteiger partial charge in [0.25, 0.3) is 0 Å². The van der Waals surface area contributed by atoms with Crippen molar-refractivity contribution < 1.29 is 0 Å². The van der Waals surface area contributed by atoms with Gasteiger partial charge in [-0.15, -0.1) is 0 Å². The maximum atomic E-state index is 6.89. The molecule has 0 fully saturated rings. The van der Waals surface area contributed by atoms with Gasteiger partial charge in [0.15, 0.2) is 0 Å². The van der Waals surface area contributed by atoms with Gasteiger partial charge in [0.05, 0.1) is 0 Å². The van der Waals surface area contributed by atoms with E-state index in [1.807, 2.05) is 19.1 Å². The lowest BCUT2D eigenvalue weighted by Gasteiger charge is -1.96. The van der Waals surface area contributed by atoms with Crippen LogP contribution < -0.4 is 0 Å². The molecule has 0 spiro atoms. The molecule has 0 aliphatic carbocycles. The standard InChI is InChI=1S/C7H13N/c1-3-5-7(4-2)6-8/h3,5-8H,4H2,1-2H3/b5-3-,8-6?/t7-/m1/s1. The zero-order valence-corrected chi connectivity index (χ0v) is 5.52. The molecule has 1 nitrogen and oxygen atoms in total. The number of nitrogens with one attached hydrogen (secondary N) is 1. The highest BCUT2D eigenvalue weighted by Gasteiger charge is 1.91. The van der Waals surface area contributed by atoms with E-state index in [4.69, 9.17) is 5.41 Å². The molecule has 0 heterocycles. The SMILES string of the molecule is C/C=C\[C@H](C=N)CC. The van der Waals surface area contributed by atoms with E-state index in [0.717, 1.165) is 6.42 Å². The Morgan fingerprint density at radius 1 is 1.62 bits per heavy atom. The highest BCUT2D eigenvalue weighted by molar-refractivity contribution is 5.59. The second-order valence-electron chi connectivity index (χ2n) is 1.76. The molecule has 0 aromatic rings. The molecule has 0 saturated heterocycles. The lowest BCUT2D eigenvalue weighted by molar-refractivity contribution is 0.826. The van der Waals surface area contributed by atoms with E-state index in [1.54, 1.807) is 0 Å². The fraction of sp³-hybridized carbons (Fsp3) is 0.571. The molecule has 0 unspecified atom stereocenters. The minimum atomic E-state index is 0.361. The Hall–Kier alpha value is -0.590. The molecule has 0 bridgehead atoms. The zero-order valence-electron chi connectivity index (χ0n) is 5.52. The van der Waals surface area contributed by atoms with Crippen LogP contribution in [0, 0.1) is 11.3 Å². The van der Waals surface area contributed by atoms with Crippen LogP contribution >= 0.6 is 0 Å². The average Bonchev–Trinajstić information content (AvgIpc) is 1.83. The fourth-order valence-electron chi connectivity index (χ4n) is 0.557. The van der Waals surface area contributed by atoms with Gasteiger partial charge in [-0.2, -0.15) is 0 Å². The minimum absolute atomic E-state index is 0.361. The molecule has 0 rings (SSSR count). The van der Waals surface area contributed by atoms with Crippen molar-refractivity contribution in [1.82, 2.24) is 0 Å². The summed E-state index contributed by atoms with van der Waals surface area (Å²) < 4.78 is 0. The fourth-order valence-corrected chi connectivity index (χ4v) is 0.557. The highest BCUT2D eigenvalue weighted by Crippen LogP contribution is 1.98. The largest absolute Gasteiger partial charge is 0.312 e. The van der Waals surface area contributed by atoms with Gasteiger partial charge in [-0.25, -0.2) is 0 Å². The van der Waals surface area contributed by atoms with Crippen molar-refractivity contribution in [2.24, 2.45) is 5.92 Å². The third-order valence-corrected chi connectivity index (χ3v) is 1.13. The first-order valence-corrected chi connectivity index (χ1v) is 2.98. The Balaban J connectivity index is 3.52. The second kappa shape index (κ2) is 4.57. The van der Waals surface area contributed by atoms with Crippen LogP contribution in [0.4, 0.5) is 0 Å². The number of allylic oxidation sites excluding steroid dienone is 2. The van der Waals surface area contributed by atoms with Crippen molar-refractivity contribution >= 4 is 6.21 Å². The summed E-state index contributed by atoms with van der Waals surface area (Å²) in [5.74, 6) is 0.361. The quantitative estimate of drug-likeness (QED) is 0.426. The molecular formula is C7H13N. The molecule has 0 amide bonds. The molecule has 0 aromatic carbocycles. The Bertz CT molecular complexity index is 84.4. The molecule has 1 N–H and O–H groups in total. The smallest absolute Gasteiger partial charge is 0.0112 e. The van der Waals surface area contributed by atoms with Gasteiger partial charge in [-0.1, -0.05) is 19.1 Å². The maximum Gasteiger partial charge on any atom is 0.0112 e. The predicted molar refractivity (Wildman–Crippen MR) is 37.4 cm³/mol. The summed E-state index contributed by atoms with van der Waals surface area (Å²) in [7, 11) is 0. The molecular weight excluding hydrogens is 98.1 g/mol. The lowest BCUT2D eigenvalue weighted by atomic mass is 10.1. The van der Waals surface area contributed by atoms with Crippen LogP contribution in [0.2, 0.25) is 0 Å². The van der Waals surface area contributed by atoms with Crippen molar-refractivity contribution in [3.8, 4) is 0 Å². The summed E-state index contributed by atoms with van der Waals surface area (Å²) in [6, 6.07) is 0. The van der Waals surface area contributed by atoms with Gasteiger partial charge in [-0.3, -0.25) is 0 Å². The van der Waals surface area contributed by atoms with Gasteiger partial charge in [0.1, 0.15) is 0 Å². The molecule has 0 aromatic heterocycles. The zero-order chi connectivity index (χ0) is 6.41. The van der Waals surface area contributed by atoms with Crippen molar-refractivity contribution in [3.05, 3.63) is 12.2 Å². The second-order valence-corrected chi connectivity index (χ2v) is 1.76. The van der Waals surface area contributed by atoms with Crippen LogP contribution in [0.5, 0.6) is 0 Å². The number of hydrogen-bond donors (Lipinski definition) is 1. The molecule has 46 valence electrons. The Morgan fingerprint density at radius 2 is 2.25 bits per heavy atom. The van der Waals surface area contributed by atoms with Gasteiger partial charge < -0.3 is 5.41 Å². The lowest BCUT2D eigenvalue weighted by Crippen LogP contribution is -1.92. The summed E-state index contributed by atoms with van der Waals surface area (Å²) in [4.78, 5) is 0. The van der Waals surface area contributed by atoms with Crippen LogP contribution in [0.25, 0.3) is 0 Å². The third kappa shape index (κ3) is 2.56. The first-order valence-electron chi connectivity index (χ1n) is 2.98. The molecule has 1 heteroatoms. The van der Waals surface area contributed by atoms with Crippen LogP contribution in [-0.2, 0) is 0 Å². The van der Waals surface area contributed by atoms with Crippen molar-refractivity contribution in [2.45, 2.75) is 20.3 Å². The Kier molecular flexibility index (Phi) is 4.23. The summed E-state index contributed by atoms with van der Waals surface area (Å²) in [5.41, 5.74) is 0. The summed E-state index contributed by atoms with van der Waals surface area (Å²) in [6.45, 7) is 4.06. The Labute approximate surface area is 50.9 Å². The van der Waals surface area contributed by atoms with Crippen LogP contribution in [0.1, 0.15) is 20.3 Å². The number of hydrogen-bond acceptors (Lipinski definition) is 1. The van der Waals surface area contributed by atoms with E-state index in [2.05, 4.69) is 6.92 Å². The predicted octanol–water partition coefficient (Wildman–Crippen LogP) is 2.24. The number of rotatable bonds is 3. The van der Waals surface area contributed by atoms with Crippen LogP contribution in [-0.4, -0.2) is 6.21 Å². The minimum Gasteiger partial charge on any atom is -0.312 e. The molecule has 8 heavy (non-hydrogen) atoms. The van der Waals surface area contributed by atoms with E-state index in [-0.39, 0.29) is 0 Å². The monoisotopic (exact) mass is 111 g/mol. The summed E-state index contributed by atoms with van der Waals surface area (Å²) in [5, 5.41) is 6.89. The molecule has 0 radical (unpaired) electrons. The van der Waals surface area contributed by atoms with Crippen molar-refractivity contribution in [1.29, 1.82) is 5.41 Å².